The van der Waals surface area contributed by atoms with Gasteiger partial charge in [-0.25, -0.2) is 26.3 Å². The zero-order valence-corrected chi connectivity index (χ0v) is 23.5. The van der Waals surface area contributed by atoms with Gasteiger partial charge in [0.15, 0.2) is 0 Å². The minimum atomic E-state index is -4.81. The van der Waals surface area contributed by atoms with Crippen molar-refractivity contribution in [3.05, 3.63) is 69.7 Å². The number of rotatable bonds is 5. The summed E-state index contributed by atoms with van der Waals surface area (Å²) in [6.07, 6.45) is -3.21. The Bertz CT molecular complexity index is 1360. The van der Waals surface area contributed by atoms with Crippen LogP contribution in [0, 0.1) is 11.6 Å². The molecule has 2 saturated heterocycles. The molecule has 40 heavy (non-hydrogen) atoms. The lowest BCUT2D eigenvalue weighted by molar-refractivity contribution is -0.140. The summed E-state index contributed by atoms with van der Waals surface area (Å²) in [6.45, 7) is 1.60. The number of hydrogen-bond donors (Lipinski definition) is 0. The smallest absolute Gasteiger partial charge is 0.323 e. The first-order valence-electron chi connectivity index (χ1n) is 12.6. The number of nitrogens with zero attached hydrogens (tertiary/aromatic N) is 4. The van der Waals surface area contributed by atoms with Crippen molar-refractivity contribution >= 4 is 27.7 Å². The lowest BCUT2D eigenvalue weighted by Crippen LogP contribution is -2.45. The summed E-state index contributed by atoms with van der Waals surface area (Å²) in [7, 11) is -1.68. The fraction of sp³-hybridized carbons (Fsp3) is 0.500. The van der Waals surface area contributed by atoms with Crippen molar-refractivity contribution in [2.45, 2.75) is 31.1 Å². The highest BCUT2D eigenvalue weighted by Gasteiger charge is 2.41. The van der Waals surface area contributed by atoms with Crippen molar-refractivity contribution in [2.75, 3.05) is 52.6 Å². The van der Waals surface area contributed by atoms with Crippen LogP contribution in [0.4, 0.5) is 26.7 Å². The molecular weight excluding hydrogens is 579 g/mol. The summed E-state index contributed by atoms with van der Waals surface area (Å²) in [5.74, 6) is -2.37. The number of likely N-dealkylation sites (tertiary alicyclic amines) is 1. The zero-order valence-electron chi connectivity index (χ0n) is 22.0. The highest BCUT2D eigenvalue weighted by Crippen LogP contribution is 2.35. The number of sulfonamides is 1. The van der Waals surface area contributed by atoms with E-state index >= 15 is 0 Å². The maximum atomic E-state index is 14.4. The van der Waals surface area contributed by atoms with E-state index in [0.29, 0.717) is 36.7 Å². The van der Waals surface area contributed by atoms with Crippen molar-refractivity contribution < 1.29 is 35.2 Å². The largest absolute Gasteiger partial charge is 0.419 e. The highest BCUT2D eigenvalue weighted by atomic mass is 35.5. The van der Waals surface area contributed by atoms with Crippen molar-refractivity contribution in [1.29, 1.82) is 0 Å². The third-order valence-corrected chi connectivity index (χ3v) is 9.07. The monoisotopic (exact) mass is 608 g/mol. The zero-order chi connectivity index (χ0) is 29.4. The topological polar surface area (TPSA) is 64.2 Å². The molecule has 0 radical (unpaired) electrons. The Balaban J connectivity index is 1.55. The fourth-order valence-electron chi connectivity index (χ4n) is 5.37. The van der Waals surface area contributed by atoms with Gasteiger partial charge in [0.25, 0.3) is 0 Å². The first-order chi connectivity index (χ1) is 18.6. The van der Waals surface area contributed by atoms with Gasteiger partial charge in [0.2, 0.25) is 10.0 Å². The lowest BCUT2D eigenvalue weighted by atomic mass is 9.93. The molecule has 0 N–H and O–H groups in total. The molecule has 2 atom stereocenters. The molecule has 2 amide bonds. The average molecular weight is 609 g/mol. The number of hydrogen-bond acceptors (Lipinski definition) is 4. The fourth-order valence-corrected chi connectivity index (χ4v) is 6.36. The van der Waals surface area contributed by atoms with E-state index in [2.05, 4.69) is 0 Å². The van der Waals surface area contributed by atoms with Crippen LogP contribution >= 0.6 is 11.6 Å². The summed E-state index contributed by atoms with van der Waals surface area (Å²) in [5.41, 5.74) is -0.447. The van der Waals surface area contributed by atoms with Crippen LogP contribution in [0.25, 0.3) is 0 Å². The van der Waals surface area contributed by atoms with Gasteiger partial charge in [-0.2, -0.15) is 13.2 Å². The molecule has 0 unspecified atom stereocenters. The number of benzene rings is 2. The third kappa shape index (κ3) is 6.87. The van der Waals surface area contributed by atoms with Crippen molar-refractivity contribution in [3.8, 4) is 0 Å². The summed E-state index contributed by atoms with van der Waals surface area (Å²) in [5, 5.41) is -0.0557. The normalized spacial score (nSPS) is 21.2. The Morgan fingerprint density at radius 3 is 2.35 bits per heavy atom. The maximum Gasteiger partial charge on any atom is 0.419 e. The van der Waals surface area contributed by atoms with Crippen LogP contribution in [0.3, 0.4) is 0 Å². The van der Waals surface area contributed by atoms with Gasteiger partial charge in [-0.3, -0.25) is 4.90 Å². The Hall–Kier alpha value is -2.48. The minimum absolute atomic E-state index is 0.0557. The van der Waals surface area contributed by atoms with E-state index in [1.807, 2.05) is 0 Å². The Morgan fingerprint density at radius 2 is 1.73 bits per heavy atom. The van der Waals surface area contributed by atoms with Crippen LogP contribution in [0.2, 0.25) is 5.02 Å². The van der Waals surface area contributed by atoms with Crippen molar-refractivity contribution in [3.63, 3.8) is 0 Å². The number of amides is 2. The molecular formula is C26H30ClF5N4O3S. The molecule has 0 bridgehead atoms. The maximum absolute atomic E-state index is 14.4. The van der Waals surface area contributed by atoms with E-state index in [4.69, 9.17) is 11.6 Å². The molecule has 2 heterocycles. The van der Waals surface area contributed by atoms with Crippen LogP contribution in [-0.2, 0) is 22.7 Å². The van der Waals surface area contributed by atoms with E-state index in [-0.39, 0.29) is 55.7 Å². The minimum Gasteiger partial charge on any atom is -0.323 e. The second kappa shape index (κ2) is 11.8. The quantitative estimate of drug-likeness (QED) is 0.465. The molecule has 0 aliphatic carbocycles. The van der Waals surface area contributed by atoms with Gasteiger partial charge in [0.05, 0.1) is 16.8 Å². The van der Waals surface area contributed by atoms with Gasteiger partial charge >= 0.3 is 12.2 Å². The van der Waals surface area contributed by atoms with Gasteiger partial charge in [0, 0.05) is 57.8 Å². The molecule has 7 nitrogen and oxygen atoms in total. The number of carbonyl (C=O) groups excluding carboxylic acids is 1. The molecule has 2 aliphatic rings. The van der Waals surface area contributed by atoms with E-state index in [0.717, 1.165) is 12.3 Å². The molecule has 220 valence electrons. The summed E-state index contributed by atoms with van der Waals surface area (Å²) in [6, 6.07) is 6.48. The van der Waals surface area contributed by atoms with E-state index < -0.39 is 33.4 Å². The van der Waals surface area contributed by atoms with E-state index in [1.165, 1.54) is 22.5 Å². The molecule has 0 saturated carbocycles. The molecule has 4 rings (SSSR count). The summed E-state index contributed by atoms with van der Waals surface area (Å²) >= 11 is 5.87. The summed E-state index contributed by atoms with van der Waals surface area (Å²) in [4.78, 5) is 18.5. The predicted octanol–water partition coefficient (Wildman–Crippen LogP) is 4.62. The summed E-state index contributed by atoms with van der Waals surface area (Å²) < 4.78 is 92.9. The first-order valence-corrected chi connectivity index (χ1v) is 14.9. The number of alkyl halides is 3. The standard InChI is InChI=1S/C26H30ClF5N4O3S/c1-33(14-17-4-6-20(22(28)12-17)26(30,31)32)24-16-35(15-19(24)18-5-7-21(27)23(29)13-18)25(37)34-8-3-9-36(11-10-34)40(2,38)39/h4-7,12-13,19,24H,3,8-11,14-16H2,1-2H3/t19-,24+/m1/s1. The molecule has 2 aliphatic heterocycles. The number of halogens is 6. The third-order valence-electron chi connectivity index (χ3n) is 7.46. The van der Waals surface area contributed by atoms with Crippen molar-refractivity contribution in [2.24, 2.45) is 0 Å². The van der Waals surface area contributed by atoms with Gasteiger partial charge in [-0.1, -0.05) is 23.7 Å². The molecule has 2 aromatic carbocycles. The lowest BCUT2D eigenvalue weighted by Gasteiger charge is -2.30. The van der Waals surface area contributed by atoms with Crippen LogP contribution in [0.15, 0.2) is 36.4 Å². The average Bonchev–Trinajstić information content (AvgIpc) is 3.14. The van der Waals surface area contributed by atoms with Crippen LogP contribution < -0.4 is 0 Å². The van der Waals surface area contributed by atoms with Crippen LogP contribution in [0.1, 0.15) is 29.0 Å². The Morgan fingerprint density at radius 1 is 1.00 bits per heavy atom. The molecule has 14 heteroatoms. The second-order valence-corrected chi connectivity index (χ2v) is 12.7. The highest BCUT2D eigenvalue weighted by molar-refractivity contribution is 7.88. The van der Waals surface area contributed by atoms with Crippen LogP contribution in [-0.4, -0.2) is 92.1 Å². The second-order valence-electron chi connectivity index (χ2n) is 10.3. The molecule has 2 aromatic rings. The molecule has 0 aromatic heterocycles. The Labute approximate surface area is 235 Å². The van der Waals surface area contributed by atoms with Gasteiger partial charge in [0.1, 0.15) is 11.6 Å². The van der Waals surface area contributed by atoms with Gasteiger partial charge in [-0.05, 0) is 48.9 Å². The number of likely N-dealkylation sites (N-methyl/N-ethyl adjacent to an activating group) is 1. The Kier molecular flexibility index (Phi) is 8.98. The van der Waals surface area contributed by atoms with E-state index in [1.54, 1.807) is 27.8 Å². The molecule has 2 fully saturated rings. The SMILES string of the molecule is CN(Cc1ccc(C(F)(F)F)c(F)c1)[C@H]1CN(C(=O)N2CCCN(S(C)(=O)=O)CC2)C[C@@H]1c1ccc(Cl)c(F)c1. The van der Waals surface area contributed by atoms with Crippen LogP contribution in [0.5, 0.6) is 0 Å². The predicted molar refractivity (Wildman–Crippen MR) is 140 cm³/mol. The first kappa shape index (κ1) is 30.5. The molecule has 0 spiro atoms. The van der Waals surface area contributed by atoms with Gasteiger partial charge in [-0.15, -0.1) is 0 Å². The van der Waals surface area contributed by atoms with Gasteiger partial charge < -0.3 is 9.80 Å². The number of urea groups is 1. The number of carbonyl (C=O) groups is 1. The van der Waals surface area contributed by atoms with Crippen molar-refractivity contribution in [1.82, 2.24) is 19.0 Å². The van der Waals surface area contributed by atoms with E-state index in [9.17, 15) is 35.2 Å².